The molecule has 4 rings (SSSR count). The van der Waals surface area contributed by atoms with Gasteiger partial charge >= 0.3 is 0 Å². The van der Waals surface area contributed by atoms with Gasteiger partial charge in [0.05, 0.1) is 24.9 Å². The van der Waals surface area contributed by atoms with Crippen LogP contribution < -0.4 is 16.0 Å². The summed E-state index contributed by atoms with van der Waals surface area (Å²) in [5.41, 5.74) is 7.87. The van der Waals surface area contributed by atoms with Crippen molar-refractivity contribution >= 4 is 22.4 Å². The molecule has 10 nitrogen and oxygen atoms in total. The Labute approximate surface area is 210 Å². The van der Waals surface area contributed by atoms with E-state index in [0.717, 1.165) is 19.6 Å². The number of hydrogen-bond donors (Lipinski definition) is 4. The van der Waals surface area contributed by atoms with Gasteiger partial charge < -0.3 is 20.5 Å². The van der Waals surface area contributed by atoms with E-state index in [2.05, 4.69) is 20.0 Å². The van der Waals surface area contributed by atoms with E-state index in [4.69, 9.17) is 15.9 Å². The summed E-state index contributed by atoms with van der Waals surface area (Å²) in [4.78, 5) is 24.2. The lowest BCUT2D eigenvalue weighted by molar-refractivity contribution is 0.313. The molecule has 192 valence electrons. The number of methoxy groups -OCH3 is 1. The summed E-state index contributed by atoms with van der Waals surface area (Å²) >= 11 is 0. The standard InChI is InChI=1S/C24H29N7O3.C2H6/c1-3-4-7-16(17-14-20(33)31(29-17)11-10-30-8-5-6-9-30)21-24(34-2)27-18-12-15(23(25)26)13-19(32)22(18)28-21;1-2/h3-4,7,12-14,29,32H,5-6,8-11H2,1-2H3,(H3,25,26);1-2H3/b4-3-,16-7+;. The van der Waals surface area contributed by atoms with Crippen molar-refractivity contribution < 1.29 is 9.84 Å². The molecule has 1 aliphatic rings. The third-order valence-corrected chi connectivity index (χ3v) is 5.85. The molecule has 3 heterocycles. The highest BCUT2D eigenvalue weighted by Gasteiger charge is 2.20. The number of phenols is 1. The van der Waals surface area contributed by atoms with Crippen LogP contribution in [0, 0.1) is 5.41 Å². The molecule has 2 aromatic heterocycles. The summed E-state index contributed by atoms with van der Waals surface area (Å²) < 4.78 is 7.11. The molecular formula is C26H35N7O3. The predicted molar refractivity (Wildman–Crippen MR) is 143 cm³/mol. The topological polar surface area (TPSA) is 146 Å². The zero-order chi connectivity index (χ0) is 26.2. The summed E-state index contributed by atoms with van der Waals surface area (Å²) in [6.45, 7) is 9.38. The van der Waals surface area contributed by atoms with Crippen LogP contribution in [0.25, 0.3) is 16.6 Å². The van der Waals surface area contributed by atoms with E-state index in [-0.39, 0.29) is 28.5 Å². The molecule has 0 spiro atoms. The van der Waals surface area contributed by atoms with Gasteiger partial charge in [-0.3, -0.25) is 20.0 Å². The lowest BCUT2D eigenvalue weighted by atomic mass is 10.1. The summed E-state index contributed by atoms with van der Waals surface area (Å²) in [6, 6.07) is 4.48. The Morgan fingerprint density at radius 3 is 2.58 bits per heavy atom. The lowest BCUT2D eigenvalue weighted by Crippen LogP contribution is -2.28. The van der Waals surface area contributed by atoms with Gasteiger partial charge in [-0.2, -0.15) is 0 Å². The van der Waals surface area contributed by atoms with Crippen molar-refractivity contribution in [2.24, 2.45) is 5.73 Å². The third kappa shape index (κ3) is 5.83. The number of nitrogen functional groups attached to an aromatic ring is 1. The smallest absolute Gasteiger partial charge is 0.267 e. The quantitative estimate of drug-likeness (QED) is 0.214. The molecule has 36 heavy (non-hydrogen) atoms. The van der Waals surface area contributed by atoms with Crippen LogP contribution in [-0.2, 0) is 6.54 Å². The van der Waals surface area contributed by atoms with Crippen molar-refractivity contribution in [3.05, 3.63) is 63.7 Å². The zero-order valence-electron chi connectivity index (χ0n) is 21.3. The first-order valence-electron chi connectivity index (χ1n) is 12.2. The molecule has 1 aliphatic heterocycles. The fraction of sp³-hybridized carbons (Fsp3) is 0.385. The van der Waals surface area contributed by atoms with Gasteiger partial charge in [-0.15, -0.1) is 0 Å². The molecule has 0 bridgehead atoms. The fourth-order valence-corrected chi connectivity index (χ4v) is 4.07. The van der Waals surface area contributed by atoms with E-state index >= 15 is 0 Å². The number of nitrogens with one attached hydrogen (secondary N) is 2. The van der Waals surface area contributed by atoms with Gasteiger partial charge in [0.25, 0.3) is 5.56 Å². The van der Waals surface area contributed by atoms with E-state index in [1.165, 1.54) is 32.1 Å². The minimum absolute atomic E-state index is 0.137. The van der Waals surface area contributed by atoms with Crippen LogP contribution in [0.1, 0.15) is 50.6 Å². The van der Waals surface area contributed by atoms with E-state index in [9.17, 15) is 9.90 Å². The summed E-state index contributed by atoms with van der Waals surface area (Å²) in [6.07, 6.45) is 7.90. The number of allylic oxidation sites excluding steroid dienone is 3. The number of amidine groups is 1. The molecule has 1 saturated heterocycles. The lowest BCUT2D eigenvalue weighted by Gasteiger charge is -2.14. The highest BCUT2D eigenvalue weighted by molar-refractivity contribution is 6.00. The molecule has 1 aromatic carbocycles. The molecule has 0 radical (unpaired) electrons. The monoisotopic (exact) mass is 493 g/mol. The number of hydrogen-bond acceptors (Lipinski definition) is 7. The minimum atomic E-state index is -0.191. The Bertz CT molecular complexity index is 1330. The first kappa shape index (κ1) is 26.7. The van der Waals surface area contributed by atoms with Gasteiger partial charge in [0.2, 0.25) is 5.88 Å². The Morgan fingerprint density at radius 2 is 1.94 bits per heavy atom. The van der Waals surface area contributed by atoms with Crippen LogP contribution in [0.3, 0.4) is 0 Å². The number of likely N-dealkylation sites (tertiary alicyclic amines) is 1. The van der Waals surface area contributed by atoms with E-state index in [0.29, 0.717) is 34.6 Å². The van der Waals surface area contributed by atoms with Crippen LogP contribution in [0.4, 0.5) is 0 Å². The highest BCUT2D eigenvalue weighted by atomic mass is 16.5. The van der Waals surface area contributed by atoms with Crippen LogP contribution in [-0.4, -0.2) is 62.3 Å². The van der Waals surface area contributed by atoms with Gasteiger partial charge in [-0.1, -0.05) is 32.1 Å². The summed E-state index contributed by atoms with van der Waals surface area (Å²) in [7, 11) is 1.48. The molecule has 0 unspecified atom stereocenters. The van der Waals surface area contributed by atoms with Crippen molar-refractivity contribution in [3.63, 3.8) is 0 Å². The number of rotatable bonds is 8. The number of benzene rings is 1. The van der Waals surface area contributed by atoms with Crippen LogP contribution in [0.5, 0.6) is 11.6 Å². The first-order chi connectivity index (χ1) is 17.4. The van der Waals surface area contributed by atoms with Crippen LogP contribution in [0.15, 0.2) is 41.2 Å². The van der Waals surface area contributed by atoms with Crippen molar-refractivity contribution in [2.45, 2.75) is 40.2 Å². The second-order valence-electron chi connectivity index (χ2n) is 8.17. The van der Waals surface area contributed by atoms with E-state index in [1.54, 1.807) is 10.7 Å². The Balaban J connectivity index is 0.00000176. The van der Waals surface area contributed by atoms with Gasteiger partial charge in [0, 0.05) is 23.7 Å². The molecule has 0 atom stereocenters. The number of phenolic OH excluding ortho intramolecular Hbond substituents is 1. The number of aromatic hydroxyl groups is 1. The van der Waals surface area contributed by atoms with E-state index < -0.39 is 0 Å². The molecule has 10 heteroatoms. The molecule has 5 N–H and O–H groups in total. The average molecular weight is 494 g/mol. The molecule has 1 fully saturated rings. The van der Waals surface area contributed by atoms with Gasteiger partial charge in [0.1, 0.15) is 22.8 Å². The maximum Gasteiger partial charge on any atom is 0.267 e. The second-order valence-corrected chi connectivity index (χ2v) is 8.17. The van der Waals surface area contributed by atoms with Gasteiger partial charge in [-0.05, 0) is 45.0 Å². The maximum absolute atomic E-state index is 12.7. The molecule has 0 amide bonds. The number of H-pyrrole nitrogens is 1. The summed E-state index contributed by atoms with van der Waals surface area (Å²) in [5.74, 6) is -0.126. The number of fused-ring (bicyclic) bond motifs is 1. The number of nitrogens with zero attached hydrogens (tertiary/aromatic N) is 4. The Kier molecular flexibility index (Phi) is 9.02. The maximum atomic E-state index is 12.7. The largest absolute Gasteiger partial charge is 0.506 e. The molecule has 0 aliphatic carbocycles. The SMILES string of the molecule is C/C=C\C=C(/c1cc(=O)n(CCN2CCCC2)[nH]1)c1nc2c(O)cc(C(=N)N)cc2nc1OC.CC. The number of aromatic amines is 1. The Hall–Kier alpha value is -3.92. The molecular weight excluding hydrogens is 458 g/mol. The highest BCUT2D eigenvalue weighted by Crippen LogP contribution is 2.32. The first-order valence-corrected chi connectivity index (χ1v) is 12.2. The van der Waals surface area contributed by atoms with Gasteiger partial charge in [-0.25, -0.2) is 9.97 Å². The Morgan fingerprint density at radius 1 is 1.22 bits per heavy atom. The van der Waals surface area contributed by atoms with Crippen molar-refractivity contribution in [1.29, 1.82) is 5.41 Å². The van der Waals surface area contributed by atoms with Crippen molar-refractivity contribution in [3.8, 4) is 11.6 Å². The van der Waals surface area contributed by atoms with Crippen molar-refractivity contribution in [1.82, 2.24) is 24.6 Å². The van der Waals surface area contributed by atoms with Crippen molar-refractivity contribution in [2.75, 3.05) is 26.7 Å². The molecule has 0 saturated carbocycles. The third-order valence-electron chi connectivity index (χ3n) is 5.85. The number of aromatic nitrogens is 4. The number of ether oxygens (including phenoxy) is 1. The number of nitrogens with two attached hydrogens (primary N) is 1. The van der Waals surface area contributed by atoms with E-state index in [1.807, 2.05) is 39.0 Å². The van der Waals surface area contributed by atoms with Crippen LogP contribution >= 0.6 is 0 Å². The summed E-state index contributed by atoms with van der Waals surface area (Å²) in [5, 5.41) is 21.4. The average Bonchev–Trinajstić information content (AvgIpc) is 3.53. The van der Waals surface area contributed by atoms with Gasteiger partial charge in [0.15, 0.2) is 0 Å². The minimum Gasteiger partial charge on any atom is -0.506 e. The zero-order valence-corrected chi connectivity index (χ0v) is 21.3. The second kappa shape index (κ2) is 12.2. The fourth-order valence-electron chi connectivity index (χ4n) is 4.07. The predicted octanol–water partition coefficient (Wildman–Crippen LogP) is 3.25. The normalized spacial score (nSPS) is 14.3. The molecule has 3 aromatic rings. The van der Waals surface area contributed by atoms with Crippen LogP contribution in [0.2, 0.25) is 0 Å².